The van der Waals surface area contributed by atoms with Crippen LogP contribution in [0.5, 0.6) is 0 Å². The van der Waals surface area contributed by atoms with Gasteiger partial charge in [-0.2, -0.15) is 0 Å². The van der Waals surface area contributed by atoms with Crippen LogP contribution in [-0.4, -0.2) is 10.9 Å². The van der Waals surface area contributed by atoms with Crippen molar-refractivity contribution in [3.8, 4) is 0 Å². The molecule has 4 heteroatoms. The number of carbonyl (C=O) groups is 1. The highest BCUT2D eigenvalue weighted by Crippen LogP contribution is 2.14. The Hall–Kier alpha value is -1.68. The highest BCUT2D eigenvalue weighted by Gasteiger charge is 2.06. The van der Waals surface area contributed by atoms with Crippen LogP contribution >= 0.6 is 15.9 Å². The van der Waals surface area contributed by atoms with Crippen molar-refractivity contribution in [2.24, 2.45) is 0 Å². The Morgan fingerprint density at radius 1 is 1.29 bits per heavy atom. The highest BCUT2D eigenvalue weighted by molar-refractivity contribution is 9.10. The van der Waals surface area contributed by atoms with Gasteiger partial charge in [0.1, 0.15) is 5.82 Å². The van der Waals surface area contributed by atoms with Gasteiger partial charge in [0, 0.05) is 16.2 Å². The average Bonchev–Trinajstić information content (AvgIpc) is 2.29. The van der Waals surface area contributed by atoms with Crippen LogP contribution < -0.4 is 5.32 Å². The minimum atomic E-state index is -0.153. The minimum Gasteiger partial charge on any atom is -0.307 e. The summed E-state index contributed by atoms with van der Waals surface area (Å²) < 4.78 is 0.882. The largest absolute Gasteiger partial charge is 0.307 e. The summed E-state index contributed by atoms with van der Waals surface area (Å²) in [6.07, 6.45) is 1.63. The van der Waals surface area contributed by atoms with Crippen LogP contribution in [0.1, 0.15) is 15.9 Å². The molecule has 1 aromatic heterocycles. The van der Waals surface area contributed by atoms with E-state index >= 15 is 0 Å². The van der Waals surface area contributed by atoms with Gasteiger partial charge in [-0.15, -0.1) is 0 Å². The summed E-state index contributed by atoms with van der Waals surface area (Å²) >= 11 is 3.33. The van der Waals surface area contributed by atoms with Crippen molar-refractivity contribution >= 4 is 27.7 Å². The van der Waals surface area contributed by atoms with E-state index in [-0.39, 0.29) is 5.91 Å². The van der Waals surface area contributed by atoms with E-state index in [2.05, 4.69) is 26.2 Å². The summed E-state index contributed by atoms with van der Waals surface area (Å²) in [5.41, 5.74) is 1.69. The molecule has 1 amide bonds. The van der Waals surface area contributed by atoms with E-state index in [0.717, 1.165) is 10.0 Å². The normalized spacial score (nSPS) is 10.0. The number of benzene rings is 1. The number of aryl methyl sites for hydroxylation is 1. The second-order valence-electron chi connectivity index (χ2n) is 3.68. The number of rotatable bonds is 2. The molecule has 0 radical (unpaired) electrons. The van der Waals surface area contributed by atoms with E-state index < -0.39 is 0 Å². The van der Waals surface area contributed by atoms with Crippen molar-refractivity contribution in [1.82, 2.24) is 4.98 Å². The number of aromatic nitrogens is 1. The van der Waals surface area contributed by atoms with Gasteiger partial charge < -0.3 is 5.32 Å². The molecule has 0 aliphatic rings. The lowest BCUT2D eigenvalue weighted by Gasteiger charge is -2.05. The molecule has 0 aliphatic heterocycles. The standard InChI is InChI=1S/C13H11BrN2O/c1-9-3-2-4-10(7-9)13(17)16-12-8-11(14)5-6-15-12/h2-8H,1H3,(H,15,16,17). The number of amides is 1. The molecule has 0 saturated heterocycles. The Bertz CT molecular complexity index is 555. The lowest BCUT2D eigenvalue weighted by atomic mass is 10.1. The van der Waals surface area contributed by atoms with Crippen molar-refractivity contribution in [2.75, 3.05) is 5.32 Å². The molecule has 0 aliphatic carbocycles. The fourth-order valence-corrected chi connectivity index (χ4v) is 1.78. The van der Waals surface area contributed by atoms with Gasteiger partial charge in [-0.25, -0.2) is 4.98 Å². The van der Waals surface area contributed by atoms with Gasteiger partial charge in [0.05, 0.1) is 0 Å². The van der Waals surface area contributed by atoms with E-state index in [9.17, 15) is 4.79 Å². The highest BCUT2D eigenvalue weighted by atomic mass is 79.9. The van der Waals surface area contributed by atoms with Crippen LogP contribution in [0.2, 0.25) is 0 Å². The maximum atomic E-state index is 11.9. The smallest absolute Gasteiger partial charge is 0.256 e. The van der Waals surface area contributed by atoms with Crippen molar-refractivity contribution in [3.05, 3.63) is 58.2 Å². The molecule has 0 spiro atoms. The third kappa shape index (κ3) is 3.14. The molecule has 0 saturated carbocycles. The summed E-state index contributed by atoms with van der Waals surface area (Å²) in [6.45, 7) is 1.95. The molecule has 2 aromatic rings. The third-order valence-electron chi connectivity index (χ3n) is 2.24. The predicted molar refractivity (Wildman–Crippen MR) is 71.1 cm³/mol. The predicted octanol–water partition coefficient (Wildman–Crippen LogP) is 3.40. The molecule has 1 N–H and O–H groups in total. The lowest BCUT2D eigenvalue weighted by molar-refractivity contribution is 0.102. The maximum absolute atomic E-state index is 11.9. The van der Waals surface area contributed by atoms with Crippen LogP contribution in [-0.2, 0) is 0 Å². The first-order valence-electron chi connectivity index (χ1n) is 5.15. The topological polar surface area (TPSA) is 42.0 Å². The molecule has 0 atom stereocenters. The molecular weight excluding hydrogens is 280 g/mol. The molecule has 0 bridgehead atoms. The number of nitrogens with one attached hydrogen (secondary N) is 1. The maximum Gasteiger partial charge on any atom is 0.256 e. The zero-order valence-corrected chi connectivity index (χ0v) is 10.9. The Balaban J connectivity index is 2.17. The summed E-state index contributed by atoms with van der Waals surface area (Å²) in [6, 6.07) is 11.0. The molecule has 1 heterocycles. The van der Waals surface area contributed by atoms with E-state index in [1.54, 1.807) is 18.3 Å². The van der Waals surface area contributed by atoms with Gasteiger partial charge in [-0.3, -0.25) is 4.79 Å². The van der Waals surface area contributed by atoms with Crippen molar-refractivity contribution in [1.29, 1.82) is 0 Å². The second-order valence-corrected chi connectivity index (χ2v) is 4.60. The van der Waals surface area contributed by atoms with Crippen LogP contribution in [0.25, 0.3) is 0 Å². The number of carbonyl (C=O) groups excluding carboxylic acids is 1. The fourth-order valence-electron chi connectivity index (χ4n) is 1.45. The molecule has 17 heavy (non-hydrogen) atoms. The number of anilines is 1. The quantitative estimate of drug-likeness (QED) is 0.921. The second kappa shape index (κ2) is 5.10. The average molecular weight is 291 g/mol. The Morgan fingerprint density at radius 3 is 2.82 bits per heavy atom. The van der Waals surface area contributed by atoms with Gasteiger partial charge in [0.15, 0.2) is 0 Å². The van der Waals surface area contributed by atoms with Gasteiger partial charge in [0.25, 0.3) is 5.91 Å². The first-order chi connectivity index (χ1) is 8.15. The Labute approximate surface area is 108 Å². The molecule has 86 valence electrons. The van der Waals surface area contributed by atoms with E-state index in [0.29, 0.717) is 11.4 Å². The van der Waals surface area contributed by atoms with Crippen LogP contribution in [0, 0.1) is 6.92 Å². The summed E-state index contributed by atoms with van der Waals surface area (Å²) in [5, 5.41) is 2.75. The van der Waals surface area contributed by atoms with Crippen molar-refractivity contribution in [3.63, 3.8) is 0 Å². The molecule has 3 nitrogen and oxygen atoms in total. The molecular formula is C13H11BrN2O. The van der Waals surface area contributed by atoms with Gasteiger partial charge in [0.2, 0.25) is 0 Å². The zero-order chi connectivity index (χ0) is 12.3. The summed E-state index contributed by atoms with van der Waals surface area (Å²) in [4.78, 5) is 16.0. The van der Waals surface area contributed by atoms with E-state index in [1.807, 2.05) is 31.2 Å². The molecule has 0 fully saturated rings. The number of pyridine rings is 1. The minimum absolute atomic E-state index is 0.153. The molecule has 0 unspecified atom stereocenters. The lowest BCUT2D eigenvalue weighted by Crippen LogP contribution is -2.12. The number of nitrogens with zero attached hydrogens (tertiary/aromatic N) is 1. The number of halogens is 1. The zero-order valence-electron chi connectivity index (χ0n) is 9.27. The van der Waals surface area contributed by atoms with E-state index in [1.165, 1.54) is 0 Å². The fraction of sp³-hybridized carbons (Fsp3) is 0.0769. The Morgan fingerprint density at radius 2 is 2.12 bits per heavy atom. The molecule has 2 rings (SSSR count). The van der Waals surface area contributed by atoms with E-state index in [4.69, 9.17) is 0 Å². The van der Waals surface area contributed by atoms with Crippen LogP contribution in [0.4, 0.5) is 5.82 Å². The van der Waals surface area contributed by atoms with Crippen molar-refractivity contribution < 1.29 is 4.79 Å². The third-order valence-corrected chi connectivity index (χ3v) is 2.74. The number of hydrogen-bond donors (Lipinski definition) is 1. The molecule has 1 aromatic carbocycles. The van der Waals surface area contributed by atoms with Crippen LogP contribution in [0.3, 0.4) is 0 Å². The van der Waals surface area contributed by atoms with Crippen molar-refractivity contribution in [2.45, 2.75) is 6.92 Å². The van der Waals surface area contributed by atoms with Crippen LogP contribution in [0.15, 0.2) is 47.1 Å². The van der Waals surface area contributed by atoms with Gasteiger partial charge >= 0.3 is 0 Å². The first kappa shape index (κ1) is 11.8. The van der Waals surface area contributed by atoms with Gasteiger partial charge in [-0.1, -0.05) is 33.6 Å². The SMILES string of the molecule is Cc1cccc(C(=O)Nc2cc(Br)ccn2)c1. The number of hydrogen-bond acceptors (Lipinski definition) is 2. The van der Waals surface area contributed by atoms with Gasteiger partial charge in [-0.05, 0) is 31.2 Å². The summed E-state index contributed by atoms with van der Waals surface area (Å²) in [5.74, 6) is 0.380. The first-order valence-corrected chi connectivity index (χ1v) is 5.94. The monoisotopic (exact) mass is 290 g/mol. The Kier molecular flexibility index (Phi) is 3.54. The summed E-state index contributed by atoms with van der Waals surface area (Å²) in [7, 11) is 0.